The molecule has 1 N–H and O–H groups in total. The van der Waals surface area contributed by atoms with Crippen LogP contribution in [0, 0.1) is 5.41 Å². The lowest BCUT2D eigenvalue weighted by Crippen LogP contribution is -2.46. The van der Waals surface area contributed by atoms with Gasteiger partial charge in [0.05, 0.1) is 6.54 Å². The highest BCUT2D eigenvalue weighted by Gasteiger charge is 2.18. The zero-order chi connectivity index (χ0) is 17.2. The number of nitrogens with zero attached hydrogens (tertiary/aromatic N) is 5. The van der Waals surface area contributed by atoms with Crippen LogP contribution in [0.4, 0.5) is 0 Å². The van der Waals surface area contributed by atoms with Crippen LogP contribution in [0.25, 0.3) is 11.4 Å². The summed E-state index contributed by atoms with van der Waals surface area (Å²) < 4.78 is 0. The molecule has 0 spiro atoms. The van der Waals surface area contributed by atoms with Gasteiger partial charge in [0.15, 0.2) is 0 Å². The van der Waals surface area contributed by atoms with Gasteiger partial charge in [0.1, 0.15) is 0 Å². The highest BCUT2D eigenvalue weighted by molar-refractivity contribution is 5.94. The average Bonchev–Trinajstić information content (AvgIpc) is 3.01. The Bertz CT molecular complexity index is 695. The molecule has 1 saturated heterocycles. The summed E-state index contributed by atoms with van der Waals surface area (Å²) in [6, 6.07) is 7.44. The monoisotopic (exact) mass is 328 g/mol. The molecular weight excluding hydrogens is 304 g/mol. The molecule has 0 unspecified atom stereocenters. The Morgan fingerprint density at radius 2 is 1.83 bits per heavy atom. The molecule has 1 aromatic carbocycles. The van der Waals surface area contributed by atoms with Crippen molar-refractivity contribution >= 4 is 5.91 Å². The second-order valence-electron chi connectivity index (χ2n) is 7.32. The minimum Gasteiger partial charge on any atom is -0.336 e. The molecule has 3 rings (SSSR count). The zero-order valence-electron chi connectivity index (χ0n) is 14.5. The number of aromatic nitrogens is 4. The lowest BCUT2D eigenvalue weighted by Gasteiger charge is -2.27. The Hall–Kier alpha value is -2.28. The number of hydrogen-bond acceptors (Lipinski definition) is 5. The van der Waals surface area contributed by atoms with E-state index in [9.17, 15) is 4.79 Å². The summed E-state index contributed by atoms with van der Waals surface area (Å²) in [5, 5.41) is 15.9. The lowest BCUT2D eigenvalue weighted by atomic mass is 9.97. The molecular formula is C17H24N6O. The fraction of sp³-hybridized carbons (Fsp3) is 0.529. The van der Waals surface area contributed by atoms with Crippen molar-refractivity contribution in [1.82, 2.24) is 30.4 Å². The second-order valence-corrected chi connectivity index (χ2v) is 7.32. The zero-order valence-corrected chi connectivity index (χ0v) is 14.5. The van der Waals surface area contributed by atoms with E-state index in [0.717, 1.165) is 31.7 Å². The van der Waals surface area contributed by atoms with Crippen LogP contribution in [0.15, 0.2) is 24.3 Å². The topological polar surface area (TPSA) is 75.9 Å². The molecule has 0 atom stereocenters. The highest BCUT2D eigenvalue weighted by Crippen LogP contribution is 2.18. The van der Waals surface area contributed by atoms with Crippen molar-refractivity contribution in [3.63, 3.8) is 0 Å². The molecule has 0 saturated carbocycles. The molecule has 0 radical (unpaired) electrons. The quantitative estimate of drug-likeness (QED) is 0.922. The summed E-state index contributed by atoms with van der Waals surface area (Å²) in [7, 11) is 0. The Balaban J connectivity index is 1.71. The maximum Gasteiger partial charge on any atom is 0.253 e. The van der Waals surface area contributed by atoms with Gasteiger partial charge in [-0.1, -0.05) is 32.9 Å². The molecule has 2 aromatic rings. The van der Waals surface area contributed by atoms with Crippen molar-refractivity contribution in [3.8, 4) is 11.4 Å². The molecule has 128 valence electrons. The van der Waals surface area contributed by atoms with E-state index < -0.39 is 0 Å². The molecule has 0 aliphatic carbocycles. The van der Waals surface area contributed by atoms with E-state index in [4.69, 9.17) is 0 Å². The first-order valence-corrected chi connectivity index (χ1v) is 8.31. The molecule has 1 fully saturated rings. The number of nitrogens with one attached hydrogen (secondary N) is 1. The molecule has 1 aliphatic heterocycles. The number of rotatable bonds is 3. The Morgan fingerprint density at radius 3 is 2.46 bits per heavy atom. The van der Waals surface area contributed by atoms with Crippen LogP contribution in [-0.2, 0) is 6.54 Å². The van der Waals surface area contributed by atoms with Gasteiger partial charge in [-0.15, -0.1) is 10.2 Å². The Kier molecular flexibility index (Phi) is 4.62. The van der Waals surface area contributed by atoms with Gasteiger partial charge >= 0.3 is 0 Å². The van der Waals surface area contributed by atoms with E-state index in [1.807, 2.05) is 29.2 Å². The van der Waals surface area contributed by atoms with E-state index >= 15 is 0 Å². The fourth-order valence-corrected chi connectivity index (χ4v) is 2.66. The first-order valence-electron chi connectivity index (χ1n) is 8.31. The third kappa shape index (κ3) is 3.97. The fourth-order valence-electron chi connectivity index (χ4n) is 2.66. The van der Waals surface area contributed by atoms with Crippen molar-refractivity contribution in [2.24, 2.45) is 5.41 Å². The van der Waals surface area contributed by atoms with Gasteiger partial charge < -0.3 is 10.2 Å². The van der Waals surface area contributed by atoms with E-state index in [-0.39, 0.29) is 11.3 Å². The van der Waals surface area contributed by atoms with Gasteiger partial charge in [0, 0.05) is 37.3 Å². The van der Waals surface area contributed by atoms with Crippen molar-refractivity contribution in [2.75, 3.05) is 26.2 Å². The van der Waals surface area contributed by atoms with Gasteiger partial charge in [0.2, 0.25) is 5.82 Å². The van der Waals surface area contributed by atoms with Gasteiger partial charge in [-0.05, 0) is 22.8 Å². The van der Waals surface area contributed by atoms with Crippen molar-refractivity contribution in [1.29, 1.82) is 0 Å². The first-order chi connectivity index (χ1) is 11.4. The van der Waals surface area contributed by atoms with Gasteiger partial charge in [-0.2, -0.15) is 4.80 Å². The predicted molar refractivity (Wildman–Crippen MR) is 91.5 cm³/mol. The normalized spacial score (nSPS) is 15.5. The van der Waals surface area contributed by atoms with Crippen LogP contribution in [0.1, 0.15) is 31.1 Å². The highest BCUT2D eigenvalue weighted by atomic mass is 16.2. The summed E-state index contributed by atoms with van der Waals surface area (Å²) in [6.45, 7) is 10.3. The van der Waals surface area contributed by atoms with Crippen LogP contribution in [-0.4, -0.2) is 57.2 Å². The maximum atomic E-state index is 12.5. The number of benzene rings is 1. The third-order valence-electron chi connectivity index (χ3n) is 3.86. The van der Waals surface area contributed by atoms with Gasteiger partial charge in [-0.25, -0.2) is 0 Å². The molecule has 1 aliphatic rings. The van der Waals surface area contributed by atoms with E-state index in [1.54, 1.807) is 4.80 Å². The Morgan fingerprint density at radius 1 is 1.17 bits per heavy atom. The number of tetrazole rings is 1. The number of carbonyl (C=O) groups is 1. The number of amides is 1. The van der Waals surface area contributed by atoms with Gasteiger partial charge in [-0.3, -0.25) is 4.79 Å². The largest absolute Gasteiger partial charge is 0.336 e. The third-order valence-corrected chi connectivity index (χ3v) is 3.86. The Labute approximate surface area is 142 Å². The van der Waals surface area contributed by atoms with Gasteiger partial charge in [0.25, 0.3) is 5.91 Å². The minimum absolute atomic E-state index is 0.0763. The van der Waals surface area contributed by atoms with Crippen LogP contribution in [0.3, 0.4) is 0 Å². The molecule has 24 heavy (non-hydrogen) atoms. The first kappa shape index (κ1) is 16.6. The smallest absolute Gasteiger partial charge is 0.253 e. The number of hydrogen-bond donors (Lipinski definition) is 1. The standard InChI is InChI=1S/C17H24N6O/c1-17(2,3)12-23-20-15(19-21-23)13-4-6-14(7-5-13)16(24)22-10-8-18-9-11-22/h4-7,18H,8-12H2,1-3H3. The molecule has 0 bridgehead atoms. The summed E-state index contributed by atoms with van der Waals surface area (Å²) in [5.74, 6) is 0.660. The van der Waals surface area contributed by atoms with E-state index in [0.29, 0.717) is 17.9 Å². The van der Waals surface area contributed by atoms with E-state index in [2.05, 4.69) is 41.5 Å². The summed E-state index contributed by atoms with van der Waals surface area (Å²) in [4.78, 5) is 16.0. The SMILES string of the molecule is CC(C)(C)Cn1nnc(-c2ccc(C(=O)N3CCNCC3)cc2)n1. The molecule has 1 aromatic heterocycles. The summed E-state index contributed by atoms with van der Waals surface area (Å²) in [5.41, 5.74) is 1.66. The van der Waals surface area contributed by atoms with Crippen molar-refractivity contribution < 1.29 is 4.79 Å². The summed E-state index contributed by atoms with van der Waals surface area (Å²) >= 11 is 0. The number of piperazine rings is 1. The molecule has 7 nitrogen and oxygen atoms in total. The molecule has 2 heterocycles. The lowest BCUT2D eigenvalue weighted by molar-refractivity contribution is 0.0736. The van der Waals surface area contributed by atoms with Crippen LogP contribution in [0.5, 0.6) is 0 Å². The number of carbonyl (C=O) groups excluding carboxylic acids is 1. The molecule has 7 heteroatoms. The predicted octanol–water partition coefficient (Wildman–Crippen LogP) is 1.43. The van der Waals surface area contributed by atoms with Crippen LogP contribution < -0.4 is 5.32 Å². The van der Waals surface area contributed by atoms with Crippen molar-refractivity contribution in [2.45, 2.75) is 27.3 Å². The second kappa shape index (κ2) is 6.68. The molecule has 1 amide bonds. The minimum atomic E-state index is 0.0763. The van der Waals surface area contributed by atoms with E-state index in [1.165, 1.54) is 0 Å². The average molecular weight is 328 g/mol. The van der Waals surface area contributed by atoms with Crippen molar-refractivity contribution in [3.05, 3.63) is 29.8 Å². The maximum absolute atomic E-state index is 12.5. The summed E-state index contributed by atoms with van der Waals surface area (Å²) in [6.07, 6.45) is 0. The van der Waals surface area contributed by atoms with Crippen LogP contribution in [0.2, 0.25) is 0 Å². The van der Waals surface area contributed by atoms with Crippen LogP contribution >= 0.6 is 0 Å².